The Labute approximate surface area is 187 Å². The minimum Gasteiger partial charge on any atom is -0.436 e. The Kier molecular flexibility index (Phi) is 6.95. The van der Waals surface area contributed by atoms with Gasteiger partial charge >= 0.3 is 6.09 Å². The van der Waals surface area contributed by atoms with Crippen LogP contribution in [0, 0.1) is 5.41 Å². The third kappa shape index (κ3) is 5.33. The highest BCUT2D eigenvalue weighted by Crippen LogP contribution is 2.31. The predicted octanol–water partition coefficient (Wildman–Crippen LogP) is 3.88. The maximum atomic E-state index is 12.2. The van der Waals surface area contributed by atoms with Gasteiger partial charge in [-0.2, -0.15) is 0 Å². The summed E-state index contributed by atoms with van der Waals surface area (Å²) in [6.45, 7) is 2.21. The molecule has 7 nitrogen and oxygen atoms in total. The first-order valence-corrected chi connectivity index (χ1v) is 11.9. The van der Waals surface area contributed by atoms with E-state index in [0.29, 0.717) is 28.8 Å². The van der Waals surface area contributed by atoms with E-state index in [-0.39, 0.29) is 10.7 Å². The molecule has 3 aromatic carbocycles. The average molecular weight is 452 g/mol. The quantitative estimate of drug-likeness (QED) is 0.372. The molecule has 0 aliphatic carbocycles. The fourth-order valence-corrected chi connectivity index (χ4v) is 4.27. The third-order valence-electron chi connectivity index (χ3n) is 4.86. The molecule has 0 aliphatic heterocycles. The van der Waals surface area contributed by atoms with Crippen molar-refractivity contribution in [2.24, 2.45) is 5.73 Å². The van der Waals surface area contributed by atoms with Gasteiger partial charge < -0.3 is 15.8 Å². The Bertz CT molecular complexity index is 1240. The molecule has 0 saturated carbocycles. The van der Waals surface area contributed by atoms with Crippen molar-refractivity contribution in [2.75, 3.05) is 12.8 Å². The van der Waals surface area contributed by atoms with E-state index in [1.54, 1.807) is 79.7 Å². The summed E-state index contributed by atoms with van der Waals surface area (Å²) in [6.07, 6.45) is -0.129. The van der Waals surface area contributed by atoms with Crippen molar-refractivity contribution >= 4 is 21.8 Å². The van der Waals surface area contributed by atoms with Crippen LogP contribution in [0.2, 0.25) is 0 Å². The molecule has 0 aliphatic rings. The van der Waals surface area contributed by atoms with Crippen molar-refractivity contribution in [3.63, 3.8) is 0 Å². The van der Waals surface area contributed by atoms with Crippen LogP contribution in [-0.4, -0.2) is 33.1 Å². The lowest BCUT2D eigenvalue weighted by atomic mass is 9.97. The highest BCUT2D eigenvalue weighted by Gasteiger charge is 2.21. The number of carbonyl (C=O) groups is 1. The molecule has 0 radical (unpaired) electrons. The van der Waals surface area contributed by atoms with E-state index < -0.39 is 22.0 Å². The summed E-state index contributed by atoms with van der Waals surface area (Å²) in [7, 11) is -3.40. The number of nitrogens with one attached hydrogen (secondary N) is 2. The zero-order valence-electron chi connectivity index (χ0n) is 17.8. The summed E-state index contributed by atoms with van der Waals surface area (Å²) in [5.41, 5.74) is 8.81. The summed E-state index contributed by atoms with van der Waals surface area (Å²) in [4.78, 5) is 12.4. The van der Waals surface area contributed by atoms with Crippen LogP contribution in [0.5, 0.6) is 0 Å². The maximum absolute atomic E-state index is 12.2. The van der Waals surface area contributed by atoms with Gasteiger partial charge in [0, 0.05) is 23.9 Å². The van der Waals surface area contributed by atoms with Crippen LogP contribution in [0.1, 0.15) is 29.7 Å². The molecule has 3 rings (SSSR count). The second kappa shape index (κ2) is 9.65. The monoisotopic (exact) mass is 451 g/mol. The molecule has 0 bridgehead atoms. The van der Waals surface area contributed by atoms with Crippen LogP contribution in [0.25, 0.3) is 11.1 Å². The highest BCUT2D eigenvalue weighted by molar-refractivity contribution is 7.90. The number of nitrogens with two attached hydrogens (primary N) is 1. The molecular weight excluding hydrogens is 426 g/mol. The molecule has 0 aromatic heterocycles. The first kappa shape index (κ1) is 23.0. The van der Waals surface area contributed by atoms with Crippen LogP contribution in [-0.2, 0) is 14.6 Å². The van der Waals surface area contributed by atoms with Gasteiger partial charge in [0.1, 0.15) is 5.84 Å². The summed E-state index contributed by atoms with van der Waals surface area (Å²) in [5, 5.41) is 10.3. The number of amidine groups is 1. The van der Waals surface area contributed by atoms with Gasteiger partial charge in [0.15, 0.2) is 15.9 Å². The first-order chi connectivity index (χ1) is 15.2. The molecule has 166 valence electrons. The van der Waals surface area contributed by atoms with Crippen LogP contribution in [0.15, 0.2) is 77.7 Å². The summed E-state index contributed by atoms with van der Waals surface area (Å²) in [6, 6.07) is 20.9. The van der Waals surface area contributed by atoms with E-state index >= 15 is 0 Å². The number of carbonyl (C=O) groups excluding carboxylic acids is 1. The fourth-order valence-electron chi connectivity index (χ4n) is 3.36. The van der Waals surface area contributed by atoms with Crippen molar-refractivity contribution in [2.45, 2.75) is 17.9 Å². The van der Waals surface area contributed by atoms with Gasteiger partial charge in [-0.25, -0.2) is 13.2 Å². The first-order valence-electron chi connectivity index (χ1n) is 9.99. The molecule has 32 heavy (non-hydrogen) atoms. The van der Waals surface area contributed by atoms with Crippen LogP contribution >= 0.6 is 0 Å². The van der Waals surface area contributed by atoms with E-state index in [1.165, 1.54) is 6.26 Å². The lowest BCUT2D eigenvalue weighted by Gasteiger charge is -2.20. The fraction of sp³-hybridized carbons (Fsp3) is 0.167. The van der Waals surface area contributed by atoms with Crippen molar-refractivity contribution in [1.82, 2.24) is 5.32 Å². The second-order valence-corrected chi connectivity index (χ2v) is 9.23. The van der Waals surface area contributed by atoms with Gasteiger partial charge in [-0.1, -0.05) is 60.7 Å². The number of hydrogen-bond acceptors (Lipinski definition) is 5. The lowest BCUT2D eigenvalue weighted by Crippen LogP contribution is -2.26. The Balaban J connectivity index is 2.03. The Morgan fingerprint density at radius 2 is 1.72 bits per heavy atom. The molecule has 0 fully saturated rings. The van der Waals surface area contributed by atoms with Crippen LogP contribution < -0.4 is 11.1 Å². The summed E-state index contributed by atoms with van der Waals surface area (Å²) in [5.74, 6) is -0.0867. The normalized spacial score (nSPS) is 12.1. The number of hydrogen-bond donors (Lipinski definition) is 3. The topological polar surface area (TPSA) is 122 Å². The van der Waals surface area contributed by atoms with E-state index in [9.17, 15) is 13.2 Å². The lowest BCUT2D eigenvalue weighted by molar-refractivity contribution is 0.117. The van der Waals surface area contributed by atoms with Crippen molar-refractivity contribution in [3.8, 4) is 11.1 Å². The van der Waals surface area contributed by atoms with E-state index in [1.807, 2.05) is 0 Å². The van der Waals surface area contributed by atoms with E-state index in [0.717, 1.165) is 5.56 Å². The molecule has 0 saturated heterocycles. The molecule has 1 unspecified atom stereocenters. The second-order valence-electron chi connectivity index (χ2n) is 7.25. The standard InChI is InChI=1S/C24H25N3O4S/c1-3-27-24(28)31-22(18-7-6-8-19(15-18)23(25)26)17-13-11-16(12-14-17)20-9-4-5-10-21(20)32(2,29)30/h4-15,22H,3H2,1-2H3,(H3,25,26)(H,27,28). The zero-order valence-corrected chi connectivity index (χ0v) is 18.6. The maximum Gasteiger partial charge on any atom is 0.408 e. The predicted molar refractivity (Wildman–Crippen MR) is 124 cm³/mol. The Morgan fingerprint density at radius 3 is 2.34 bits per heavy atom. The smallest absolute Gasteiger partial charge is 0.408 e. The molecule has 8 heteroatoms. The minimum absolute atomic E-state index is 0.0867. The van der Waals surface area contributed by atoms with Gasteiger partial charge in [-0.3, -0.25) is 5.41 Å². The van der Waals surface area contributed by atoms with Gasteiger partial charge in [0.25, 0.3) is 0 Å². The van der Waals surface area contributed by atoms with Gasteiger partial charge in [0.2, 0.25) is 0 Å². The van der Waals surface area contributed by atoms with Crippen molar-refractivity contribution in [3.05, 3.63) is 89.5 Å². The van der Waals surface area contributed by atoms with Gasteiger partial charge in [0.05, 0.1) is 4.90 Å². The van der Waals surface area contributed by atoms with Crippen molar-refractivity contribution < 1.29 is 17.9 Å². The van der Waals surface area contributed by atoms with Crippen LogP contribution in [0.3, 0.4) is 0 Å². The summed E-state index contributed by atoms with van der Waals surface area (Å²) < 4.78 is 30.0. The number of nitrogen functional groups attached to an aromatic ring is 1. The largest absolute Gasteiger partial charge is 0.436 e. The van der Waals surface area contributed by atoms with Gasteiger partial charge in [-0.05, 0) is 35.7 Å². The molecule has 4 N–H and O–H groups in total. The minimum atomic E-state index is -3.40. The molecule has 1 amide bonds. The Hall–Kier alpha value is -3.65. The number of sulfone groups is 1. The number of ether oxygens (including phenoxy) is 1. The zero-order chi connectivity index (χ0) is 23.3. The number of rotatable bonds is 7. The number of alkyl carbamates (subject to hydrolysis) is 1. The van der Waals surface area contributed by atoms with E-state index in [4.69, 9.17) is 15.9 Å². The highest BCUT2D eigenvalue weighted by atomic mass is 32.2. The number of benzene rings is 3. The Morgan fingerprint density at radius 1 is 1.03 bits per heavy atom. The molecule has 0 spiro atoms. The van der Waals surface area contributed by atoms with E-state index in [2.05, 4.69) is 5.32 Å². The SMILES string of the molecule is CCNC(=O)OC(c1ccc(-c2ccccc2S(C)(=O)=O)cc1)c1cccc(C(=N)N)c1. The van der Waals surface area contributed by atoms with Gasteiger partial charge in [-0.15, -0.1) is 0 Å². The average Bonchev–Trinajstić information content (AvgIpc) is 2.77. The molecule has 0 heterocycles. The third-order valence-corrected chi connectivity index (χ3v) is 6.01. The summed E-state index contributed by atoms with van der Waals surface area (Å²) >= 11 is 0. The molecule has 1 atom stereocenters. The molecule has 3 aromatic rings. The van der Waals surface area contributed by atoms with Crippen LogP contribution in [0.4, 0.5) is 4.79 Å². The number of amides is 1. The molecular formula is C24H25N3O4S. The van der Waals surface area contributed by atoms with Crippen molar-refractivity contribution in [1.29, 1.82) is 5.41 Å².